The number of carbonyl (C=O) groups is 1. The number of benzene rings is 3. The van der Waals surface area contributed by atoms with Gasteiger partial charge in [0, 0.05) is 36.8 Å². The summed E-state index contributed by atoms with van der Waals surface area (Å²) in [5.74, 6) is -0.368. The van der Waals surface area contributed by atoms with Gasteiger partial charge in [0.05, 0.1) is 20.1 Å². The first-order valence-electron chi connectivity index (χ1n) is 11.3. The van der Waals surface area contributed by atoms with Crippen molar-refractivity contribution in [1.29, 1.82) is 0 Å². The molecule has 1 aromatic heterocycles. The number of hydrogen-bond donors (Lipinski definition) is 1. The Morgan fingerprint density at radius 3 is 2.53 bits per heavy atom. The second-order valence-corrected chi connectivity index (χ2v) is 9.53. The summed E-state index contributed by atoms with van der Waals surface area (Å²) in [6, 6.07) is 20.4. The average Bonchev–Trinajstić information content (AvgIpc) is 3.27. The number of piperidine rings is 1. The lowest BCUT2D eigenvalue weighted by Gasteiger charge is -2.28. The number of nitro benzene ring substituents is 1. The van der Waals surface area contributed by atoms with Crippen LogP contribution in [-0.4, -0.2) is 28.9 Å². The van der Waals surface area contributed by atoms with Gasteiger partial charge in [0.15, 0.2) is 0 Å². The number of nitro groups is 1. The summed E-state index contributed by atoms with van der Waals surface area (Å²) in [7, 11) is 0. The number of thiazole rings is 1. The molecule has 172 valence electrons. The molecule has 1 fully saturated rings. The van der Waals surface area contributed by atoms with Crippen LogP contribution >= 0.6 is 11.3 Å². The summed E-state index contributed by atoms with van der Waals surface area (Å²) in [6.45, 7) is 1.60. The third kappa shape index (κ3) is 4.77. The first-order valence-corrected chi connectivity index (χ1v) is 12.2. The maximum atomic E-state index is 12.8. The molecule has 0 bridgehead atoms. The van der Waals surface area contributed by atoms with Crippen LogP contribution in [0.25, 0.3) is 10.2 Å². The fourth-order valence-corrected chi connectivity index (χ4v) is 5.29. The minimum Gasteiger partial charge on any atom is -0.366 e. The standard InChI is InChI=1S/C26H24N4O3S/c31-26(19-10-13-22(23(17-19)30(32)33)29-14-4-1-5-15-29)27-20-11-8-18(9-12-20)16-25-28-21-6-2-3-7-24(21)34-25/h2-3,6-13,17H,1,4-5,14-16H2,(H,27,31). The molecule has 3 aromatic carbocycles. The number of hydrogen-bond acceptors (Lipinski definition) is 6. The largest absolute Gasteiger partial charge is 0.366 e. The Morgan fingerprint density at radius 2 is 1.79 bits per heavy atom. The third-order valence-electron chi connectivity index (χ3n) is 6.04. The number of anilines is 2. The predicted molar refractivity (Wildman–Crippen MR) is 136 cm³/mol. The van der Waals surface area contributed by atoms with E-state index in [1.54, 1.807) is 23.5 Å². The number of aromatic nitrogens is 1. The highest BCUT2D eigenvalue weighted by Crippen LogP contribution is 2.31. The Morgan fingerprint density at radius 1 is 1.03 bits per heavy atom. The number of carbonyl (C=O) groups excluding carboxylic acids is 1. The maximum absolute atomic E-state index is 12.8. The van der Waals surface area contributed by atoms with Gasteiger partial charge in [-0.25, -0.2) is 4.98 Å². The van der Waals surface area contributed by atoms with E-state index in [0.717, 1.165) is 54.9 Å². The molecule has 0 aliphatic carbocycles. The molecule has 0 spiro atoms. The molecule has 5 rings (SSSR count). The zero-order valence-corrected chi connectivity index (χ0v) is 19.4. The van der Waals surface area contributed by atoms with E-state index in [9.17, 15) is 14.9 Å². The Balaban J connectivity index is 1.28. The highest BCUT2D eigenvalue weighted by Gasteiger charge is 2.23. The van der Waals surface area contributed by atoms with E-state index in [2.05, 4.69) is 16.4 Å². The predicted octanol–water partition coefficient (Wildman–Crippen LogP) is 6.04. The van der Waals surface area contributed by atoms with Crippen LogP contribution in [0.15, 0.2) is 66.7 Å². The van der Waals surface area contributed by atoms with E-state index >= 15 is 0 Å². The molecule has 1 saturated heterocycles. The van der Waals surface area contributed by atoms with E-state index in [-0.39, 0.29) is 17.2 Å². The van der Waals surface area contributed by atoms with Crippen LogP contribution in [0.2, 0.25) is 0 Å². The van der Waals surface area contributed by atoms with Crippen LogP contribution in [0.4, 0.5) is 17.1 Å². The highest BCUT2D eigenvalue weighted by molar-refractivity contribution is 7.18. The second kappa shape index (κ2) is 9.61. The van der Waals surface area contributed by atoms with E-state index in [1.807, 2.05) is 47.4 Å². The molecule has 1 N–H and O–H groups in total. The van der Waals surface area contributed by atoms with Gasteiger partial charge in [-0.05, 0) is 61.2 Å². The molecule has 0 radical (unpaired) electrons. The molecule has 8 heteroatoms. The first kappa shape index (κ1) is 22.0. The number of fused-ring (bicyclic) bond motifs is 1. The highest BCUT2D eigenvalue weighted by atomic mass is 32.1. The summed E-state index contributed by atoms with van der Waals surface area (Å²) >= 11 is 1.68. The van der Waals surface area contributed by atoms with Gasteiger partial charge in [-0.1, -0.05) is 24.3 Å². The summed E-state index contributed by atoms with van der Waals surface area (Å²) in [6.07, 6.45) is 3.91. The molecule has 1 aliphatic heterocycles. The van der Waals surface area contributed by atoms with Crippen molar-refractivity contribution in [2.24, 2.45) is 0 Å². The quantitative estimate of drug-likeness (QED) is 0.273. The average molecular weight is 473 g/mol. The molecular weight excluding hydrogens is 448 g/mol. The van der Waals surface area contributed by atoms with Gasteiger partial charge in [0.2, 0.25) is 0 Å². The Bertz CT molecular complexity index is 1310. The Labute approximate surface area is 201 Å². The van der Waals surface area contributed by atoms with Crippen molar-refractivity contribution < 1.29 is 9.72 Å². The third-order valence-corrected chi connectivity index (χ3v) is 7.07. The number of nitrogens with zero attached hydrogens (tertiary/aromatic N) is 3. The molecule has 0 saturated carbocycles. The zero-order chi connectivity index (χ0) is 23.5. The van der Waals surface area contributed by atoms with E-state index in [0.29, 0.717) is 11.4 Å². The minimum atomic E-state index is -0.405. The van der Waals surface area contributed by atoms with Crippen molar-refractivity contribution in [1.82, 2.24) is 4.98 Å². The van der Waals surface area contributed by atoms with Gasteiger partial charge >= 0.3 is 0 Å². The molecule has 0 atom stereocenters. The van der Waals surface area contributed by atoms with Crippen LogP contribution < -0.4 is 10.2 Å². The molecule has 4 aromatic rings. The monoisotopic (exact) mass is 472 g/mol. The molecule has 1 aliphatic rings. The van der Waals surface area contributed by atoms with Gasteiger partial charge in [-0.2, -0.15) is 0 Å². The van der Waals surface area contributed by atoms with E-state index in [4.69, 9.17) is 0 Å². The van der Waals surface area contributed by atoms with Gasteiger partial charge in [0.25, 0.3) is 11.6 Å². The van der Waals surface area contributed by atoms with E-state index in [1.165, 1.54) is 10.8 Å². The van der Waals surface area contributed by atoms with Crippen LogP contribution in [0, 0.1) is 10.1 Å². The van der Waals surface area contributed by atoms with Crippen molar-refractivity contribution in [2.45, 2.75) is 25.7 Å². The van der Waals surface area contributed by atoms with Gasteiger partial charge in [0.1, 0.15) is 5.69 Å². The van der Waals surface area contributed by atoms with Crippen molar-refractivity contribution in [3.05, 3.63) is 93.0 Å². The van der Waals surface area contributed by atoms with Gasteiger partial charge < -0.3 is 10.2 Å². The lowest BCUT2D eigenvalue weighted by molar-refractivity contribution is -0.384. The Hall–Kier alpha value is -3.78. The maximum Gasteiger partial charge on any atom is 0.293 e. The fraction of sp³-hybridized carbons (Fsp3) is 0.231. The van der Waals surface area contributed by atoms with Crippen LogP contribution in [-0.2, 0) is 6.42 Å². The SMILES string of the molecule is O=C(Nc1ccc(Cc2nc3ccccc3s2)cc1)c1ccc(N2CCCCC2)c([N+](=O)[O-])c1. The molecule has 34 heavy (non-hydrogen) atoms. The van der Waals surface area contributed by atoms with Gasteiger partial charge in [-0.15, -0.1) is 11.3 Å². The van der Waals surface area contributed by atoms with Crippen molar-refractivity contribution in [2.75, 3.05) is 23.3 Å². The normalized spacial score (nSPS) is 13.7. The summed E-state index contributed by atoms with van der Waals surface area (Å²) < 4.78 is 1.17. The Kier molecular flexibility index (Phi) is 6.22. The molecular formula is C26H24N4O3S. The second-order valence-electron chi connectivity index (χ2n) is 8.41. The molecule has 7 nitrogen and oxygen atoms in total. The van der Waals surface area contributed by atoms with Gasteiger partial charge in [-0.3, -0.25) is 14.9 Å². The van der Waals surface area contributed by atoms with E-state index < -0.39 is 4.92 Å². The summed E-state index contributed by atoms with van der Waals surface area (Å²) in [5, 5.41) is 15.6. The summed E-state index contributed by atoms with van der Waals surface area (Å²) in [4.78, 5) is 30.8. The van der Waals surface area contributed by atoms with Crippen molar-refractivity contribution in [3.8, 4) is 0 Å². The smallest absolute Gasteiger partial charge is 0.293 e. The lowest BCUT2D eigenvalue weighted by atomic mass is 10.1. The number of amides is 1. The topological polar surface area (TPSA) is 88.4 Å². The van der Waals surface area contributed by atoms with Crippen LogP contribution in [0.5, 0.6) is 0 Å². The molecule has 0 unspecified atom stereocenters. The van der Waals surface area contributed by atoms with Crippen molar-refractivity contribution in [3.63, 3.8) is 0 Å². The number of nitrogens with one attached hydrogen (secondary N) is 1. The minimum absolute atomic E-state index is 0.0271. The lowest BCUT2D eigenvalue weighted by Crippen LogP contribution is -2.30. The summed E-state index contributed by atoms with van der Waals surface area (Å²) in [5.41, 5.74) is 3.57. The number of rotatable bonds is 6. The zero-order valence-electron chi connectivity index (χ0n) is 18.6. The van der Waals surface area contributed by atoms with Crippen LogP contribution in [0.3, 0.4) is 0 Å². The number of para-hydroxylation sites is 1. The molecule has 1 amide bonds. The van der Waals surface area contributed by atoms with Crippen molar-refractivity contribution >= 4 is 44.5 Å². The molecule has 2 heterocycles. The first-order chi connectivity index (χ1) is 16.6. The fourth-order valence-electron chi connectivity index (χ4n) is 4.29. The van der Waals surface area contributed by atoms with Crippen LogP contribution in [0.1, 0.15) is 40.2 Å².